The van der Waals surface area contributed by atoms with Gasteiger partial charge in [-0.15, -0.1) is 0 Å². The highest BCUT2D eigenvalue weighted by Crippen LogP contribution is 2.19. The molecular formula is C14H19N3O3. The second-order valence-corrected chi connectivity index (χ2v) is 5.09. The maximum Gasteiger partial charge on any atom is 0.240 e. The molecule has 108 valence electrons. The Hall–Kier alpha value is -1.92. The first-order valence-corrected chi connectivity index (χ1v) is 6.56. The van der Waals surface area contributed by atoms with Crippen LogP contribution >= 0.6 is 0 Å². The van der Waals surface area contributed by atoms with Gasteiger partial charge in [-0.3, -0.25) is 9.59 Å². The van der Waals surface area contributed by atoms with Crippen molar-refractivity contribution in [3.63, 3.8) is 0 Å². The zero-order chi connectivity index (χ0) is 14.7. The first kappa shape index (κ1) is 14.5. The zero-order valence-corrected chi connectivity index (χ0v) is 11.1. The molecule has 2 rings (SSSR count). The van der Waals surface area contributed by atoms with Gasteiger partial charge in [0.05, 0.1) is 12.1 Å². The summed E-state index contributed by atoms with van der Waals surface area (Å²) in [5.41, 5.74) is 12.1. The molecule has 0 aromatic heterocycles. The molecule has 0 spiro atoms. The molecule has 0 saturated carbocycles. The predicted octanol–water partition coefficient (Wildman–Crippen LogP) is -0.996. The van der Waals surface area contributed by atoms with E-state index in [4.69, 9.17) is 11.5 Å². The molecule has 20 heavy (non-hydrogen) atoms. The van der Waals surface area contributed by atoms with Crippen molar-refractivity contribution in [3.8, 4) is 0 Å². The van der Waals surface area contributed by atoms with E-state index in [2.05, 4.69) is 0 Å². The van der Waals surface area contributed by atoms with Crippen LogP contribution in [0, 0.1) is 0 Å². The minimum atomic E-state index is -0.765. The van der Waals surface area contributed by atoms with Crippen LogP contribution in [0.5, 0.6) is 0 Å². The minimum absolute atomic E-state index is 0.106. The standard InChI is InChI=1S/C14H19N3O3/c15-11(6-9-4-2-1-3-5-9)14(20)17-8-10(18)7-12(17)13(16)19/h1-5,10-12,18H,6-8,15H2,(H2,16,19). The summed E-state index contributed by atoms with van der Waals surface area (Å²) < 4.78 is 0. The highest BCUT2D eigenvalue weighted by molar-refractivity contribution is 5.89. The molecule has 0 bridgehead atoms. The van der Waals surface area contributed by atoms with E-state index in [1.54, 1.807) is 0 Å². The predicted molar refractivity (Wildman–Crippen MR) is 73.4 cm³/mol. The van der Waals surface area contributed by atoms with E-state index < -0.39 is 24.1 Å². The first-order chi connectivity index (χ1) is 9.49. The second kappa shape index (κ2) is 6.02. The van der Waals surface area contributed by atoms with Crippen molar-refractivity contribution in [2.24, 2.45) is 11.5 Å². The van der Waals surface area contributed by atoms with Crippen molar-refractivity contribution in [2.45, 2.75) is 31.0 Å². The molecule has 6 nitrogen and oxygen atoms in total. The van der Waals surface area contributed by atoms with Crippen LogP contribution in [0.2, 0.25) is 0 Å². The normalized spacial score (nSPS) is 23.6. The number of aliphatic hydroxyl groups excluding tert-OH is 1. The van der Waals surface area contributed by atoms with Gasteiger partial charge in [-0.2, -0.15) is 0 Å². The van der Waals surface area contributed by atoms with E-state index in [0.29, 0.717) is 6.42 Å². The molecule has 1 fully saturated rings. The number of hydrogen-bond donors (Lipinski definition) is 3. The van der Waals surface area contributed by atoms with Crippen LogP contribution in [-0.4, -0.2) is 46.6 Å². The van der Waals surface area contributed by atoms with Gasteiger partial charge in [-0.25, -0.2) is 0 Å². The van der Waals surface area contributed by atoms with Gasteiger partial charge in [-0.1, -0.05) is 30.3 Å². The van der Waals surface area contributed by atoms with Crippen molar-refractivity contribution < 1.29 is 14.7 Å². The second-order valence-electron chi connectivity index (χ2n) is 5.09. The third-order valence-corrected chi connectivity index (χ3v) is 3.51. The molecule has 0 aliphatic carbocycles. The van der Waals surface area contributed by atoms with E-state index >= 15 is 0 Å². The molecule has 1 aliphatic heterocycles. The van der Waals surface area contributed by atoms with E-state index in [-0.39, 0.29) is 18.9 Å². The number of primary amides is 1. The van der Waals surface area contributed by atoms with Crippen LogP contribution in [0.3, 0.4) is 0 Å². The average Bonchev–Trinajstić information content (AvgIpc) is 2.81. The summed E-state index contributed by atoms with van der Waals surface area (Å²) in [5, 5.41) is 9.60. The molecule has 2 amide bonds. The summed E-state index contributed by atoms with van der Waals surface area (Å²) in [6.45, 7) is 0.106. The lowest BCUT2D eigenvalue weighted by Gasteiger charge is -2.25. The Balaban J connectivity index is 2.04. The number of likely N-dealkylation sites (tertiary alicyclic amines) is 1. The van der Waals surface area contributed by atoms with Gasteiger partial charge in [-0.05, 0) is 12.0 Å². The monoisotopic (exact) mass is 277 g/mol. The minimum Gasteiger partial charge on any atom is -0.391 e. The summed E-state index contributed by atoms with van der Waals surface area (Å²) in [7, 11) is 0. The molecule has 6 heteroatoms. The molecule has 0 radical (unpaired) electrons. The number of rotatable bonds is 4. The van der Waals surface area contributed by atoms with Crippen LogP contribution in [0.1, 0.15) is 12.0 Å². The molecule has 1 aromatic carbocycles. The fourth-order valence-electron chi connectivity index (χ4n) is 2.50. The van der Waals surface area contributed by atoms with Gasteiger partial charge in [0.15, 0.2) is 0 Å². The summed E-state index contributed by atoms with van der Waals surface area (Å²) >= 11 is 0. The Morgan fingerprint density at radius 3 is 2.60 bits per heavy atom. The largest absolute Gasteiger partial charge is 0.391 e. The van der Waals surface area contributed by atoms with Gasteiger partial charge >= 0.3 is 0 Å². The van der Waals surface area contributed by atoms with Crippen molar-refractivity contribution in [1.82, 2.24) is 4.90 Å². The number of amides is 2. The molecule has 1 aliphatic rings. The van der Waals surface area contributed by atoms with Crippen molar-refractivity contribution >= 4 is 11.8 Å². The number of nitrogens with zero attached hydrogens (tertiary/aromatic N) is 1. The van der Waals surface area contributed by atoms with E-state index in [9.17, 15) is 14.7 Å². The van der Waals surface area contributed by atoms with Crippen molar-refractivity contribution in [2.75, 3.05) is 6.54 Å². The molecule has 3 atom stereocenters. The number of hydrogen-bond acceptors (Lipinski definition) is 4. The number of β-amino-alcohol motifs (C(OH)–C–C–N with tert-alkyl or cyclic N) is 1. The molecular weight excluding hydrogens is 258 g/mol. The van der Waals surface area contributed by atoms with E-state index in [1.807, 2.05) is 30.3 Å². The quantitative estimate of drug-likeness (QED) is 0.656. The molecule has 1 aromatic rings. The number of nitrogens with two attached hydrogens (primary N) is 2. The fraction of sp³-hybridized carbons (Fsp3) is 0.429. The van der Waals surface area contributed by atoms with E-state index in [1.165, 1.54) is 4.90 Å². The van der Waals surface area contributed by atoms with E-state index in [0.717, 1.165) is 5.56 Å². The van der Waals surface area contributed by atoms with Gasteiger partial charge in [0, 0.05) is 13.0 Å². The Labute approximate surface area is 117 Å². The number of benzene rings is 1. The van der Waals surface area contributed by atoms with Crippen molar-refractivity contribution in [1.29, 1.82) is 0 Å². The van der Waals surface area contributed by atoms with Crippen LogP contribution in [0.4, 0.5) is 0 Å². The van der Waals surface area contributed by atoms with Gasteiger partial charge in [0.1, 0.15) is 6.04 Å². The lowest BCUT2D eigenvalue weighted by molar-refractivity contribution is -0.138. The highest BCUT2D eigenvalue weighted by Gasteiger charge is 2.39. The SMILES string of the molecule is NC(=O)C1CC(O)CN1C(=O)C(N)Cc1ccccc1. The van der Waals surface area contributed by atoms with Gasteiger partial charge in [0.25, 0.3) is 0 Å². The Kier molecular flexibility index (Phi) is 4.36. The Morgan fingerprint density at radius 2 is 2.00 bits per heavy atom. The van der Waals surface area contributed by atoms with Crippen molar-refractivity contribution in [3.05, 3.63) is 35.9 Å². The summed E-state index contributed by atoms with van der Waals surface area (Å²) in [4.78, 5) is 24.9. The van der Waals surface area contributed by atoms with Crippen LogP contribution < -0.4 is 11.5 Å². The maximum absolute atomic E-state index is 12.3. The van der Waals surface area contributed by atoms with Crippen LogP contribution in [0.15, 0.2) is 30.3 Å². The first-order valence-electron chi connectivity index (χ1n) is 6.56. The zero-order valence-electron chi connectivity index (χ0n) is 11.1. The maximum atomic E-state index is 12.3. The fourth-order valence-corrected chi connectivity index (χ4v) is 2.50. The van der Waals surface area contributed by atoms with Gasteiger partial charge in [0.2, 0.25) is 11.8 Å². The van der Waals surface area contributed by atoms with Crippen LogP contribution in [-0.2, 0) is 16.0 Å². The molecule has 3 unspecified atom stereocenters. The summed E-state index contributed by atoms with van der Waals surface area (Å²) in [5.74, 6) is -0.962. The lowest BCUT2D eigenvalue weighted by Crippen LogP contribution is -2.50. The summed E-state index contributed by atoms with van der Waals surface area (Å²) in [6, 6.07) is 7.90. The molecule has 1 saturated heterocycles. The van der Waals surface area contributed by atoms with Gasteiger partial charge < -0.3 is 21.5 Å². The van der Waals surface area contributed by atoms with Crippen LogP contribution in [0.25, 0.3) is 0 Å². The smallest absolute Gasteiger partial charge is 0.240 e. The number of carbonyl (C=O) groups is 2. The summed E-state index contributed by atoms with van der Waals surface area (Å²) in [6.07, 6.45) is -0.156. The Morgan fingerprint density at radius 1 is 1.35 bits per heavy atom. The topological polar surface area (TPSA) is 110 Å². The molecule has 1 heterocycles. The average molecular weight is 277 g/mol. The Bertz CT molecular complexity index is 492. The third-order valence-electron chi connectivity index (χ3n) is 3.51. The number of aliphatic hydroxyl groups is 1. The molecule has 5 N–H and O–H groups in total. The lowest BCUT2D eigenvalue weighted by atomic mass is 10.1. The number of carbonyl (C=O) groups excluding carboxylic acids is 2. The highest BCUT2D eigenvalue weighted by atomic mass is 16.3. The third kappa shape index (κ3) is 3.15.